The number of benzene rings is 7. The molecule has 0 fully saturated rings. The van der Waals surface area contributed by atoms with Crippen molar-refractivity contribution < 1.29 is 0 Å². The summed E-state index contributed by atoms with van der Waals surface area (Å²) in [5.74, 6) is 0. The topological polar surface area (TPSA) is 29.0 Å². The monoisotopic (exact) mass is 547 g/mol. The van der Waals surface area contributed by atoms with Crippen LogP contribution in [0.2, 0.25) is 0 Å². The normalized spacial score (nSPS) is 12.1. The SMILES string of the molecule is c1ccc(-c2nc3ccccc3nc2-c2ccc(N3c4cc5ccccc5cc4-c4cccc5cccc3c45)cc2)cc1. The van der Waals surface area contributed by atoms with Crippen LogP contribution >= 0.6 is 0 Å². The Balaban J connectivity index is 1.25. The molecule has 8 aromatic rings. The third-order valence-electron chi connectivity index (χ3n) is 8.54. The Labute approximate surface area is 249 Å². The number of hydrogen-bond acceptors (Lipinski definition) is 3. The molecule has 1 aliphatic heterocycles. The van der Waals surface area contributed by atoms with Crippen LogP contribution in [0.5, 0.6) is 0 Å². The van der Waals surface area contributed by atoms with Gasteiger partial charge in [0.15, 0.2) is 0 Å². The van der Waals surface area contributed by atoms with Crippen molar-refractivity contribution in [3.05, 3.63) is 152 Å². The number of anilines is 3. The lowest BCUT2D eigenvalue weighted by molar-refractivity contribution is 1.27. The van der Waals surface area contributed by atoms with Gasteiger partial charge in [-0.15, -0.1) is 0 Å². The molecule has 0 saturated heterocycles. The van der Waals surface area contributed by atoms with E-state index in [4.69, 9.17) is 9.97 Å². The minimum Gasteiger partial charge on any atom is -0.309 e. The summed E-state index contributed by atoms with van der Waals surface area (Å²) in [5.41, 5.74) is 11.7. The summed E-state index contributed by atoms with van der Waals surface area (Å²) < 4.78 is 0. The Morgan fingerprint density at radius 2 is 0.977 bits per heavy atom. The van der Waals surface area contributed by atoms with E-state index in [0.29, 0.717) is 0 Å². The lowest BCUT2D eigenvalue weighted by Gasteiger charge is -2.34. The van der Waals surface area contributed by atoms with Gasteiger partial charge in [0.2, 0.25) is 0 Å². The summed E-state index contributed by atoms with van der Waals surface area (Å²) >= 11 is 0. The Kier molecular flexibility index (Phi) is 5.20. The molecule has 1 aromatic heterocycles. The molecule has 0 unspecified atom stereocenters. The quantitative estimate of drug-likeness (QED) is 0.220. The number of para-hydroxylation sites is 2. The maximum atomic E-state index is 5.12. The van der Waals surface area contributed by atoms with Crippen molar-refractivity contribution in [2.75, 3.05) is 4.90 Å². The molecule has 0 amide bonds. The zero-order chi connectivity index (χ0) is 28.3. The second-order valence-corrected chi connectivity index (χ2v) is 11.1. The first kappa shape index (κ1) is 23.9. The highest BCUT2D eigenvalue weighted by molar-refractivity contribution is 6.15. The minimum absolute atomic E-state index is 0.883. The zero-order valence-corrected chi connectivity index (χ0v) is 23.3. The first-order valence-corrected chi connectivity index (χ1v) is 14.6. The number of nitrogens with zero attached hydrogens (tertiary/aromatic N) is 3. The van der Waals surface area contributed by atoms with Crippen molar-refractivity contribution in [2.45, 2.75) is 0 Å². The van der Waals surface area contributed by atoms with Gasteiger partial charge in [0.1, 0.15) is 0 Å². The van der Waals surface area contributed by atoms with E-state index in [0.717, 1.165) is 39.2 Å². The number of hydrogen-bond donors (Lipinski definition) is 0. The molecule has 0 spiro atoms. The fourth-order valence-corrected chi connectivity index (χ4v) is 6.54. The second-order valence-electron chi connectivity index (χ2n) is 11.1. The third kappa shape index (κ3) is 3.75. The van der Waals surface area contributed by atoms with E-state index in [-0.39, 0.29) is 0 Å². The molecule has 0 saturated carbocycles. The van der Waals surface area contributed by atoms with Gasteiger partial charge in [0.05, 0.1) is 33.8 Å². The predicted octanol–water partition coefficient (Wildman–Crippen LogP) is 10.7. The van der Waals surface area contributed by atoms with Gasteiger partial charge in [-0.05, 0) is 64.2 Å². The van der Waals surface area contributed by atoms with E-state index in [1.807, 2.05) is 30.3 Å². The smallest absolute Gasteiger partial charge is 0.0973 e. The van der Waals surface area contributed by atoms with Crippen LogP contribution in [0, 0.1) is 0 Å². The van der Waals surface area contributed by atoms with Gasteiger partial charge in [-0.2, -0.15) is 0 Å². The van der Waals surface area contributed by atoms with Crippen LogP contribution < -0.4 is 4.90 Å². The van der Waals surface area contributed by atoms with Crippen molar-refractivity contribution in [2.24, 2.45) is 0 Å². The van der Waals surface area contributed by atoms with Crippen LogP contribution in [0.1, 0.15) is 0 Å². The predicted molar refractivity (Wildman–Crippen MR) is 179 cm³/mol. The Bertz CT molecular complexity index is 2340. The fraction of sp³-hybridized carbons (Fsp3) is 0. The Morgan fingerprint density at radius 1 is 0.395 bits per heavy atom. The highest BCUT2D eigenvalue weighted by Gasteiger charge is 2.26. The van der Waals surface area contributed by atoms with Gasteiger partial charge < -0.3 is 4.90 Å². The van der Waals surface area contributed by atoms with Gasteiger partial charge >= 0.3 is 0 Å². The molecule has 0 N–H and O–H groups in total. The van der Waals surface area contributed by atoms with Gasteiger partial charge in [0.25, 0.3) is 0 Å². The molecule has 9 rings (SSSR count). The number of rotatable bonds is 3. The lowest BCUT2D eigenvalue weighted by Crippen LogP contribution is -2.15. The molecular formula is C40H25N3. The van der Waals surface area contributed by atoms with Crippen molar-refractivity contribution in [3.8, 4) is 33.6 Å². The van der Waals surface area contributed by atoms with Crippen LogP contribution in [-0.4, -0.2) is 9.97 Å². The van der Waals surface area contributed by atoms with E-state index in [9.17, 15) is 0 Å². The molecule has 200 valence electrons. The summed E-state index contributed by atoms with van der Waals surface area (Å²) in [4.78, 5) is 12.6. The van der Waals surface area contributed by atoms with E-state index in [1.165, 1.54) is 44.0 Å². The van der Waals surface area contributed by atoms with E-state index in [1.54, 1.807) is 0 Å². The zero-order valence-electron chi connectivity index (χ0n) is 23.3. The van der Waals surface area contributed by atoms with Crippen LogP contribution in [-0.2, 0) is 0 Å². The fourth-order valence-electron chi connectivity index (χ4n) is 6.54. The summed E-state index contributed by atoms with van der Waals surface area (Å²) in [6, 6.07) is 53.7. The van der Waals surface area contributed by atoms with Gasteiger partial charge in [-0.25, -0.2) is 9.97 Å². The molecule has 0 radical (unpaired) electrons. The number of aromatic nitrogens is 2. The molecule has 0 aliphatic carbocycles. The van der Waals surface area contributed by atoms with Gasteiger partial charge in [-0.1, -0.05) is 109 Å². The Morgan fingerprint density at radius 3 is 1.70 bits per heavy atom. The second kappa shape index (κ2) is 9.37. The largest absolute Gasteiger partial charge is 0.309 e. The summed E-state index contributed by atoms with van der Waals surface area (Å²) in [6.45, 7) is 0. The highest BCUT2D eigenvalue weighted by Crippen LogP contribution is 2.52. The van der Waals surface area contributed by atoms with Crippen molar-refractivity contribution in [1.82, 2.24) is 9.97 Å². The molecule has 0 bridgehead atoms. The third-order valence-corrected chi connectivity index (χ3v) is 8.54. The molecular weight excluding hydrogens is 522 g/mol. The van der Waals surface area contributed by atoms with E-state index in [2.05, 4.69) is 126 Å². The average Bonchev–Trinajstić information content (AvgIpc) is 3.08. The minimum atomic E-state index is 0.883. The van der Waals surface area contributed by atoms with Crippen LogP contribution in [0.4, 0.5) is 17.1 Å². The summed E-state index contributed by atoms with van der Waals surface area (Å²) in [7, 11) is 0. The van der Waals surface area contributed by atoms with Crippen molar-refractivity contribution in [1.29, 1.82) is 0 Å². The van der Waals surface area contributed by atoms with Crippen molar-refractivity contribution >= 4 is 49.6 Å². The maximum absolute atomic E-state index is 5.12. The highest BCUT2D eigenvalue weighted by atomic mass is 15.2. The Hall–Kier alpha value is -5.80. The molecule has 3 heteroatoms. The molecule has 0 atom stereocenters. The van der Waals surface area contributed by atoms with Gasteiger partial charge in [0, 0.05) is 27.8 Å². The lowest BCUT2D eigenvalue weighted by atomic mass is 9.89. The van der Waals surface area contributed by atoms with Gasteiger partial charge in [-0.3, -0.25) is 0 Å². The molecule has 2 heterocycles. The van der Waals surface area contributed by atoms with Crippen LogP contribution in [0.15, 0.2) is 152 Å². The van der Waals surface area contributed by atoms with Crippen molar-refractivity contribution in [3.63, 3.8) is 0 Å². The molecule has 3 nitrogen and oxygen atoms in total. The molecule has 1 aliphatic rings. The first-order valence-electron chi connectivity index (χ1n) is 14.6. The maximum Gasteiger partial charge on any atom is 0.0973 e. The molecule has 7 aromatic carbocycles. The summed E-state index contributed by atoms with van der Waals surface area (Å²) in [6.07, 6.45) is 0. The van der Waals surface area contributed by atoms with E-state index >= 15 is 0 Å². The number of fused-ring (bicyclic) bond motifs is 4. The van der Waals surface area contributed by atoms with Crippen LogP contribution in [0.25, 0.3) is 66.2 Å². The molecule has 43 heavy (non-hydrogen) atoms. The van der Waals surface area contributed by atoms with E-state index < -0.39 is 0 Å². The van der Waals surface area contributed by atoms with Crippen LogP contribution in [0.3, 0.4) is 0 Å². The average molecular weight is 548 g/mol. The summed E-state index contributed by atoms with van der Waals surface area (Å²) in [5, 5.41) is 5.00. The standard InChI is InChI=1S/C40H25N3/c1-2-10-27(11-3-1)39-40(42-35-18-7-6-17-34(35)41-39)28-20-22-31(23-21-28)43-36-19-9-15-26-14-8-16-32(38(26)36)33-24-29-12-4-5-13-30(29)25-37(33)43/h1-25H. The first-order chi connectivity index (χ1) is 21.3.